The zero-order valence-corrected chi connectivity index (χ0v) is 7.36. The first kappa shape index (κ1) is 7.32. The highest BCUT2D eigenvalue weighted by Gasteiger charge is 2.02. The van der Waals surface area contributed by atoms with Crippen molar-refractivity contribution in [2.45, 2.75) is 0 Å². The van der Waals surface area contributed by atoms with Crippen LogP contribution in [0.4, 0.5) is 5.82 Å². The monoisotopic (exact) mass is 184 g/mol. The summed E-state index contributed by atoms with van der Waals surface area (Å²) in [5, 5.41) is 8.96. The summed E-state index contributed by atoms with van der Waals surface area (Å²) in [6.07, 6.45) is 1.77. The molecule has 0 radical (unpaired) electrons. The van der Waals surface area contributed by atoms with Gasteiger partial charge in [-0.25, -0.2) is 4.98 Å². The molecule has 3 N–H and O–H groups in total. The number of nitrogens with zero attached hydrogens (tertiary/aromatic N) is 2. The second kappa shape index (κ2) is 2.45. The summed E-state index contributed by atoms with van der Waals surface area (Å²) in [5.41, 5.74) is 7.52. The number of anilines is 1. The van der Waals surface area contributed by atoms with Crippen LogP contribution in [0.25, 0.3) is 21.8 Å². The molecule has 0 amide bonds. The molecule has 0 saturated heterocycles. The SMILES string of the molecule is Nc1ccc2ccc3[nH]ncc3c2n1. The summed E-state index contributed by atoms with van der Waals surface area (Å²) >= 11 is 0. The topological polar surface area (TPSA) is 67.6 Å². The summed E-state index contributed by atoms with van der Waals surface area (Å²) in [5.74, 6) is 0.534. The van der Waals surface area contributed by atoms with Gasteiger partial charge in [0.1, 0.15) is 5.82 Å². The number of nitrogen functional groups attached to an aromatic ring is 1. The average Bonchev–Trinajstić information content (AvgIpc) is 2.65. The number of nitrogens with two attached hydrogens (primary N) is 1. The quantitative estimate of drug-likeness (QED) is 0.558. The van der Waals surface area contributed by atoms with Crippen LogP contribution in [0.1, 0.15) is 0 Å². The van der Waals surface area contributed by atoms with Gasteiger partial charge in [0, 0.05) is 10.8 Å². The van der Waals surface area contributed by atoms with Crippen LogP contribution in [0, 0.1) is 0 Å². The fourth-order valence-electron chi connectivity index (χ4n) is 1.62. The van der Waals surface area contributed by atoms with E-state index in [1.807, 2.05) is 18.2 Å². The molecule has 0 unspecified atom stereocenters. The van der Waals surface area contributed by atoms with Gasteiger partial charge < -0.3 is 5.73 Å². The van der Waals surface area contributed by atoms with E-state index in [2.05, 4.69) is 15.2 Å². The molecule has 0 bridgehead atoms. The van der Waals surface area contributed by atoms with Gasteiger partial charge in [-0.1, -0.05) is 6.07 Å². The van der Waals surface area contributed by atoms with Crippen molar-refractivity contribution < 1.29 is 0 Å². The Morgan fingerprint density at radius 2 is 2.00 bits per heavy atom. The molecule has 0 atom stereocenters. The fourth-order valence-corrected chi connectivity index (χ4v) is 1.62. The van der Waals surface area contributed by atoms with E-state index >= 15 is 0 Å². The normalized spacial score (nSPS) is 11.1. The molecule has 3 aromatic rings. The highest BCUT2D eigenvalue weighted by atomic mass is 15.1. The predicted octanol–water partition coefficient (Wildman–Crippen LogP) is 1.69. The van der Waals surface area contributed by atoms with Crippen LogP contribution in [-0.4, -0.2) is 15.2 Å². The second-order valence-corrected chi connectivity index (χ2v) is 3.20. The molecule has 0 aliphatic carbocycles. The van der Waals surface area contributed by atoms with E-state index in [4.69, 9.17) is 5.73 Å². The Balaban J connectivity index is 2.60. The molecule has 14 heavy (non-hydrogen) atoms. The van der Waals surface area contributed by atoms with Crippen molar-refractivity contribution in [3.05, 3.63) is 30.5 Å². The van der Waals surface area contributed by atoms with Crippen LogP contribution in [0.3, 0.4) is 0 Å². The lowest BCUT2D eigenvalue weighted by atomic mass is 10.1. The fraction of sp³-hybridized carbons (Fsp3) is 0. The molecule has 0 fully saturated rings. The van der Waals surface area contributed by atoms with Crippen LogP contribution >= 0.6 is 0 Å². The maximum atomic E-state index is 5.64. The lowest BCUT2D eigenvalue weighted by Crippen LogP contribution is -1.89. The zero-order chi connectivity index (χ0) is 9.54. The van der Waals surface area contributed by atoms with Crippen molar-refractivity contribution in [1.82, 2.24) is 15.2 Å². The van der Waals surface area contributed by atoms with Gasteiger partial charge >= 0.3 is 0 Å². The molecule has 0 aliphatic rings. The number of H-pyrrole nitrogens is 1. The van der Waals surface area contributed by atoms with E-state index in [0.717, 1.165) is 21.8 Å². The maximum Gasteiger partial charge on any atom is 0.124 e. The first-order chi connectivity index (χ1) is 6.84. The molecule has 2 heterocycles. The molecule has 4 heteroatoms. The highest BCUT2D eigenvalue weighted by molar-refractivity contribution is 6.03. The van der Waals surface area contributed by atoms with Crippen LogP contribution < -0.4 is 5.73 Å². The van der Waals surface area contributed by atoms with Gasteiger partial charge in [-0.15, -0.1) is 0 Å². The van der Waals surface area contributed by atoms with Gasteiger partial charge in [0.05, 0.1) is 17.2 Å². The number of hydrogen-bond acceptors (Lipinski definition) is 3. The average molecular weight is 184 g/mol. The van der Waals surface area contributed by atoms with Crippen molar-refractivity contribution in [1.29, 1.82) is 0 Å². The van der Waals surface area contributed by atoms with E-state index < -0.39 is 0 Å². The third kappa shape index (κ3) is 0.877. The van der Waals surface area contributed by atoms with E-state index in [9.17, 15) is 0 Å². The Hall–Kier alpha value is -2.10. The van der Waals surface area contributed by atoms with Gasteiger partial charge in [0.2, 0.25) is 0 Å². The van der Waals surface area contributed by atoms with E-state index in [1.165, 1.54) is 0 Å². The number of aromatic nitrogens is 3. The van der Waals surface area contributed by atoms with Crippen molar-refractivity contribution in [3.8, 4) is 0 Å². The van der Waals surface area contributed by atoms with E-state index in [-0.39, 0.29) is 0 Å². The number of benzene rings is 1. The molecule has 68 valence electrons. The lowest BCUT2D eigenvalue weighted by Gasteiger charge is -1.98. The van der Waals surface area contributed by atoms with Gasteiger partial charge in [-0.05, 0) is 18.2 Å². The summed E-state index contributed by atoms with van der Waals surface area (Å²) in [6, 6.07) is 7.75. The van der Waals surface area contributed by atoms with Crippen molar-refractivity contribution in [2.24, 2.45) is 0 Å². The van der Waals surface area contributed by atoms with Crippen molar-refractivity contribution >= 4 is 27.6 Å². The Bertz CT molecular complexity index is 612. The Morgan fingerprint density at radius 1 is 1.14 bits per heavy atom. The van der Waals surface area contributed by atoms with E-state index in [1.54, 1.807) is 12.3 Å². The number of fused-ring (bicyclic) bond motifs is 3. The molecular formula is C10H8N4. The number of aromatic amines is 1. The summed E-state index contributed by atoms with van der Waals surface area (Å²) in [7, 11) is 0. The summed E-state index contributed by atoms with van der Waals surface area (Å²) < 4.78 is 0. The standard InChI is InChI=1S/C10H8N4/c11-9-4-2-6-1-3-8-7(5-12-14-8)10(6)13-9/h1-5H,(H2,11,13)(H,12,14). The molecule has 0 aliphatic heterocycles. The number of nitrogens with one attached hydrogen (secondary N) is 1. The second-order valence-electron chi connectivity index (χ2n) is 3.20. The largest absolute Gasteiger partial charge is 0.384 e. The van der Waals surface area contributed by atoms with Crippen LogP contribution in [0.2, 0.25) is 0 Å². The number of pyridine rings is 1. The summed E-state index contributed by atoms with van der Waals surface area (Å²) in [4.78, 5) is 4.29. The minimum absolute atomic E-state index is 0.534. The smallest absolute Gasteiger partial charge is 0.124 e. The van der Waals surface area contributed by atoms with Gasteiger partial charge in [0.15, 0.2) is 0 Å². The molecule has 0 saturated carbocycles. The third-order valence-corrected chi connectivity index (χ3v) is 2.30. The highest BCUT2D eigenvalue weighted by Crippen LogP contribution is 2.22. The lowest BCUT2D eigenvalue weighted by molar-refractivity contribution is 1.12. The van der Waals surface area contributed by atoms with Gasteiger partial charge in [-0.2, -0.15) is 5.10 Å². The predicted molar refractivity (Wildman–Crippen MR) is 55.8 cm³/mol. The van der Waals surface area contributed by atoms with Gasteiger partial charge in [0.25, 0.3) is 0 Å². The first-order valence-corrected chi connectivity index (χ1v) is 4.33. The maximum absolute atomic E-state index is 5.64. The van der Waals surface area contributed by atoms with Crippen LogP contribution in [0.5, 0.6) is 0 Å². The number of rotatable bonds is 0. The molecule has 3 rings (SSSR count). The minimum atomic E-state index is 0.534. The Morgan fingerprint density at radius 3 is 2.93 bits per heavy atom. The van der Waals surface area contributed by atoms with Gasteiger partial charge in [-0.3, -0.25) is 5.10 Å². The first-order valence-electron chi connectivity index (χ1n) is 4.33. The third-order valence-electron chi connectivity index (χ3n) is 2.30. The molecular weight excluding hydrogens is 176 g/mol. The Labute approximate surface area is 79.8 Å². The van der Waals surface area contributed by atoms with Crippen molar-refractivity contribution in [2.75, 3.05) is 5.73 Å². The zero-order valence-electron chi connectivity index (χ0n) is 7.36. The van der Waals surface area contributed by atoms with Crippen LogP contribution in [0.15, 0.2) is 30.5 Å². The Kier molecular flexibility index (Phi) is 1.28. The minimum Gasteiger partial charge on any atom is -0.384 e. The molecule has 4 nitrogen and oxygen atoms in total. The van der Waals surface area contributed by atoms with Crippen LogP contribution in [-0.2, 0) is 0 Å². The molecule has 2 aromatic heterocycles. The summed E-state index contributed by atoms with van der Waals surface area (Å²) in [6.45, 7) is 0. The van der Waals surface area contributed by atoms with Crippen molar-refractivity contribution in [3.63, 3.8) is 0 Å². The molecule has 1 aromatic carbocycles. The number of hydrogen-bond donors (Lipinski definition) is 2. The molecule has 0 spiro atoms. The van der Waals surface area contributed by atoms with E-state index in [0.29, 0.717) is 5.82 Å².